The zero-order valence-electron chi connectivity index (χ0n) is 9.89. The Hall–Kier alpha value is -1.95. The molecule has 1 saturated heterocycles. The molecule has 18 heavy (non-hydrogen) atoms. The van der Waals surface area contributed by atoms with Crippen LogP contribution in [0.1, 0.15) is 12.8 Å². The number of nitrogens with one attached hydrogen (secondary N) is 2. The molecule has 1 aliphatic rings. The first-order valence-electron chi connectivity index (χ1n) is 5.93. The molecule has 0 saturated carbocycles. The average molecular weight is 249 g/mol. The lowest BCUT2D eigenvalue weighted by Crippen LogP contribution is -2.37. The van der Waals surface area contributed by atoms with Gasteiger partial charge in [0.05, 0.1) is 10.8 Å². The van der Waals surface area contributed by atoms with Crippen LogP contribution in [0.15, 0.2) is 24.3 Å². The summed E-state index contributed by atoms with van der Waals surface area (Å²) in [7, 11) is 0. The number of rotatable bonds is 3. The van der Waals surface area contributed by atoms with Crippen LogP contribution < -0.4 is 10.6 Å². The molecule has 1 aromatic carbocycles. The number of anilines is 1. The van der Waals surface area contributed by atoms with Gasteiger partial charge in [-0.1, -0.05) is 12.1 Å². The minimum atomic E-state index is -0.491. The number of amides is 1. The zero-order valence-corrected chi connectivity index (χ0v) is 9.89. The van der Waals surface area contributed by atoms with Crippen molar-refractivity contribution in [1.29, 1.82) is 0 Å². The van der Waals surface area contributed by atoms with Gasteiger partial charge in [-0.05, 0) is 25.5 Å². The van der Waals surface area contributed by atoms with Crippen LogP contribution in [-0.4, -0.2) is 23.9 Å². The summed E-state index contributed by atoms with van der Waals surface area (Å²) in [5.74, 6) is -0.268. The number of hydrogen-bond donors (Lipinski definition) is 2. The highest BCUT2D eigenvalue weighted by molar-refractivity contribution is 5.94. The minimum absolute atomic E-state index is 0.0744. The predicted octanol–water partition coefficient (Wildman–Crippen LogP) is 1.53. The summed E-state index contributed by atoms with van der Waals surface area (Å²) in [6.07, 6.45) is 1.77. The van der Waals surface area contributed by atoms with Crippen LogP contribution in [0.3, 0.4) is 0 Å². The predicted molar refractivity (Wildman–Crippen MR) is 67.3 cm³/mol. The maximum atomic E-state index is 12.0. The van der Waals surface area contributed by atoms with Crippen molar-refractivity contribution in [3.05, 3.63) is 34.4 Å². The van der Waals surface area contributed by atoms with Crippen LogP contribution in [0.2, 0.25) is 0 Å². The standard InChI is InChI=1S/C12H15N3O3/c16-12(9-4-3-7-13-8-9)14-10-5-1-2-6-11(10)15(17)18/h1-2,5-6,9,13H,3-4,7-8H2,(H,14,16)/t9-/m1/s1. The smallest absolute Gasteiger partial charge is 0.292 e. The van der Waals surface area contributed by atoms with Crippen LogP contribution in [0.25, 0.3) is 0 Å². The van der Waals surface area contributed by atoms with E-state index >= 15 is 0 Å². The van der Waals surface area contributed by atoms with Crippen molar-refractivity contribution in [3.8, 4) is 0 Å². The van der Waals surface area contributed by atoms with Crippen LogP contribution >= 0.6 is 0 Å². The zero-order chi connectivity index (χ0) is 13.0. The minimum Gasteiger partial charge on any atom is -0.320 e. The third kappa shape index (κ3) is 2.84. The molecular formula is C12H15N3O3. The normalized spacial score (nSPS) is 19.2. The first kappa shape index (κ1) is 12.5. The first-order valence-corrected chi connectivity index (χ1v) is 5.93. The van der Waals surface area contributed by atoms with E-state index in [0.717, 1.165) is 19.4 Å². The third-order valence-electron chi connectivity index (χ3n) is 3.03. The van der Waals surface area contributed by atoms with Crippen LogP contribution in [-0.2, 0) is 4.79 Å². The molecule has 2 rings (SSSR count). The highest BCUT2D eigenvalue weighted by Gasteiger charge is 2.23. The largest absolute Gasteiger partial charge is 0.320 e. The summed E-state index contributed by atoms with van der Waals surface area (Å²) < 4.78 is 0. The van der Waals surface area contributed by atoms with Gasteiger partial charge < -0.3 is 10.6 Å². The van der Waals surface area contributed by atoms with E-state index in [-0.39, 0.29) is 23.2 Å². The second kappa shape index (κ2) is 5.59. The second-order valence-corrected chi connectivity index (χ2v) is 4.31. The lowest BCUT2D eigenvalue weighted by molar-refractivity contribution is -0.383. The molecular weight excluding hydrogens is 234 g/mol. The highest BCUT2D eigenvalue weighted by Crippen LogP contribution is 2.24. The summed E-state index contributed by atoms with van der Waals surface area (Å²) in [5, 5.41) is 16.6. The Bertz CT molecular complexity index is 456. The van der Waals surface area contributed by atoms with Gasteiger partial charge in [0.2, 0.25) is 5.91 Å². The molecule has 0 aliphatic carbocycles. The molecule has 1 amide bonds. The van der Waals surface area contributed by atoms with Gasteiger partial charge in [-0.2, -0.15) is 0 Å². The number of nitro benzene ring substituents is 1. The Balaban J connectivity index is 2.08. The van der Waals surface area contributed by atoms with E-state index in [1.165, 1.54) is 6.07 Å². The Morgan fingerprint density at radius 1 is 1.44 bits per heavy atom. The summed E-state index contributed by atoms with van der Waals surface area (Å²) in [6, 6.07) is 6.18. The molecule has 0 bridgehead atoms. The van der Waals surface area contributed by atoms with E-state index in [2.05, 4.69) is 10.6 Å². The van der Waals surface area contributed by atoms with E-state index in [1.807, 2.05) is 0 Å². The molecule has 2 N–H and O–H groups in total. The molecule has 0 radical (unpaired) electrons. The first-order chi connectivity index (χ1) is 8.68. The fraction of sp³-hybridized carbons (Fsp3) is 0.417. The molecule has 1 aliphatic heterocycles. The molecule has 0 spiro atoms. The second-order valence-electron chi connectivity index (χ2n) is 4.31. The Kier molecular flexibility index (Phi) is 3.88. The average Bonchev–Trinajstić information content (AvgIpc) is 2.40. The third-order valence-corrected chi connectivity index (χ3v) is 3.03. The lowest BCUT2D eigenvalue weighted by Gasteiger charge is -2.21. The van der Waals surface area contributed by atoms with Crippen molar-refractivity contribution in [3.63, 3.8) is 0 Å². The highest BCUT2D eigenvalue weighted by atomic mass is 16.6. The van der Waals surface area contributed by atoms with E-state index < -0.39 is 4.92 Å². The van der Waals surface area contributed by atoms with Gasteiger partial charge in [-0.15, -0.1) is 0 Å². The number of carbonyl (C=O) groups is 1. The number of hydrogen-bond acceptors (Lipinski definition) is 4. The summed E-state index contributed by atoms with van der Waals surface area (Å²) >= 11 is 0. The van der Waals surface area contributed by atoms with Gasteiger partial charge in [0.1, 0.15) is 5.69 Å². The summed E-state index contributed by atoms with van der Waals surface area (Å²) in [5.41, 5.74) is 0.188. The topological polar surface area (TPSA) is 84.3 Å². The number of benzene rings is 1. The van der Waals surface area contributed by atoms with Crippen LogP contribution in [0, 0.1) is 16.0 Å². The van der Waals surface area contributed by atoms with Gasteiger partial charge in [-0.3, -0.25) is 14.9 Å². The van der Waals surface area contributed by atoms with E-state index in [4.69, 9.17) is 0 Å². The maximum absolute atomic E-state index is 12.0. The van der Waals surface area contributed by atoms with Crippen molar-refractivity contribution in [2.45, 2.75) is 12.8 Å². The Labute approximate surface area is 105 Å². The molecule has 0 unspecified atom stereocenters. The fourth-order valence-electron chi connectivity index (χ4n) is 2.05. The maximum Gasteiger partial charge on any atom is 0.292 e. The van der Waals surface area contributed by atoms with E-state index in [9.17, 15) is 14.9 Å². The number of nitro groups is 1. The number of piperidine rings is 1. The summed E-state index contributed by atoms with van der Waals surface area (Å²) in [6.45, 7) is 1.56. The monoisotopic (exact) mass is 249 g/mol. The molecule has 1 atom stereocenters. The molecule has 1 heterocycles. The van der Waals surface area contributed by atoms with Crippen LogP contribution in [0.4, 0.5) is 11.4 Å². The summed E-state index contributed by atoms with van der Waals surface area (Å²) in [4.78, 5) is 22.3. The molecule has 1 fully saturated rings. The van der Waals surface area contributed by atoms with Crippen molar-refractivity contribution in [1.82, 2.24) is 5.32 Å². The van der Waals surface area contributed by atoms with Crippen molar-refractivity contribution in [2.75, 3.05) is 18.4 Å². The van der Waals surface area contributed by atoms with Gasteiger partial charge >= 0.3 is 0 Å². The quantitative estimate of drug-likeness (QED) is 0.628. The van der Waals surface area contributed by atoms with Crippen LogP contribution in [0.5, 0.6) is 0 Å². The van der Waals surface area contributed by atoms with Gasteiger partial charge in [-0.25, -0.2) is 0 Å². The molecule has 6 heteroatoms. The Morgan fingerprint density at radius 3 is 2.89 bits per heavy atom. The number of nitrogens with zero attached hydrogens (tertiary/aromatic N) is 1. The van der Waals surface area contributed by atoms with Gasteiger partial charge in [0.15, 0.2) is 0 Å². The van der Waals surface area contributed by atoms with Crippen molar-refractivity contribution < 1.29 is 9.72 Å². The SMILES string of the molecule is O=C(Nc1ccccc1[N+](=O)[O-])[C@@H]1CCCNC1. The molecule has 0 aromatic heterocycles. The molecule has 96 valence electrons. The Morgan fingerprint density at radius 2 is 2.22 bits per heavy atom. The van der Waals surface area contributed by atoms with Gasteiger partial charge in [0.25, 0.3) is 5.69 Å². The van der Waals surface area contributed by atoms with Crippen molar-refractivity contribution >= 4 is 17.3 Å². The van der Waals surface area contributed by atoms with E-state index in [0.29, 0.717) is 6.54 Å². The lowest BCUT2D eigenvalue weighted by atomic mass is 9.99. The number of carbonyl (C=O) groups excluding carboxylic acids is 1. The molecule has 1 aromatic rings. The fourth-order valence-corrected chi connectivity index (χ4v) is 2.05. The number of para-hydroxylation sites is 2. The molecule has 6 nitrogen and oxygen atoms in total. The van der Waals surface area contributed by atoms with Crippen molar-refractivity contribution in [2.24, 2.45) is 5.92 Å². The van der Waals surface area contributed by atoms with Gasteiger partial charge in [0, 0.05) is 12.6 Å². The van der Waals surface area contributed by atoms with E-state index in [1.54, 1.807) is 18.2 Å².